The van der Waals surface area contributed by atoms with Crippen LogP contribution in [0, 0.1) is 17.6 Å². The largest absolute Gasteiger partial charge is 0.340 e. The highest BCUT2D eigenvalue weighted by atomic mass is 19.2. The molecule has 1 aromatic carbocycles. The van der Waals surface area contributed by atoms with Gasteiger partial charge in [-0.05, 0) is 23.6 Å². The predicted molar refractivity (Wildman–Crippen MR) is 88.4 cm³/mol. The Labute approximate surface area is 142 Å². The lowest BCUT2D eigenvalue weighted by atomic mass is 10.0. The van der Waals surface area contributed by atoms with Gasteiger partial charge >= 0.3 is 0 Å². The van der Waals surface area contributed by atoms with Gasteiger partial charge in [-0.3, -0.25) is 14.6 Å². The molecule has 0 unspecified atom stereocenters. The van der Waals surface area contributed by atoms with Crippen molar-refractivity contribution in [3.05, 3.63) is 35.4 Å². The van der Waals surface area contributed by atoms with Crippen molar-refractivity contribution in [2.75, 3.05) is 39.3 Å². The number of hydrogen-bond donors (Lipinski definition) is 0. The molecule has 0 bridgehead atoms. The first kappa shape index (κ1) is 17.3. The Bertz CT molecular complexity index is 602. The number of likely N-dealkylation sites (tertiary alicyclic amines) is 1. The monoisotopic (exact) mass is 337 g/mol. The Hall–Kier alpha value is -1.53. The Morgan fingerprint density at radius 1 is 1.12 bits per heavy atom. The van der Waals surface area contributed by atoms with Crippen LogP contribution in [-0.2, 0) is 11.3 Å². The second kappa shape index (κ2) is 7.15. The highest BCUT2D eigenvalue weighted by Crippen LogP contribution is 2.25. The first-order chi connectivity index (χ1) is 11.4. The smallest absolute Gasteiger partial charge is 0.219 e. The van der Waals surface area contributed by atoms with Crippen LogP contribution in [0.25, 0.3) is 0 Å². The molecule has 0 aromatic heterocycles. The molecule has 0 N–H and O–H groups in total. The summed E-state index contributed by atoms with van der Waals surface area (Å²) < 4.78 is 26.4. The highest BCUT2D eigenvalue weighted by Gasteiger charge is 2.35. The van der Waals surface area contributed by atoms with Crippen molar-refractivity contribution in [3.63, 3.8) is 0 Å². The quantitative estimate of drug-likeness (QED) is 0.843. The molecule has 4 nitrogen and oxygen atoms in total. The third-order valence-electron chi connectivity index (χ3n) is 5.27. The molecule has 2 saturated heterocycles. The molecule has 0 aliphatic carbocycles. The summed E-state index contributed by atoms with van der Waals surface area (Å²) in [5.41, 5.74) is 0.808. The second-order valence-electron chi connectivity index (χ2n) is 7.03. The summed E-state index contributed by atoms with van der Waals surface area (Å²) >= 11 is 0. The lowest BCUT2D eigenvalue weighted by Gasteiger charge is -2.39. The summed E-state index contributed by atoms with van der Waals surface area (Å²) in [6.45, 7) is 9.80. The summed E-state index contributed by atoms with van der Waals surface area (Å²) in [7, 11) is 0. The fourth-order valence-corrected chi connectivity index (χ4v) is 3.92. The van der Waals surface area contributed by atoms with Gasteiger partial charge in [-0.2, -0.15) is 0 Å². The number of rotatable bonds is 3. The van der Waals surface area contributed by atoms with E-state index in [1.165, 1.54) is 12.1 Å². The molecule has 2 aliphatic heterocycles. The number of benzene rings is 1. The van der Waals surface area contributed by atoms with Crippen LogP contribution in [-0.4, -0.2) is 65.9 Å². The molecule has 0 radical (unpaired) electrons. The minimum atomic E-state index is -0.797. The van der Waals surface area contributed by atoms with Gasteiger partial charge in [0.05, 0.1) is 0 Å². The van der Waals surface area contributed by atoms with E-state index in [-0.39, 0.29) is 5.91 Å². The number of nitrogens with zero attached hydrogens (tertiary/aromatic N) is 3. The van der Waals surface area contributed by atoms with Crippen molar-refractivity contribution in [2.45, 2.75) is 26.4 Å². The van der Waals surface area contributed by atoms with Crippen LogP contribution in [0.2, 0.25) is 0 Å². The Kier molecular flexibility index (Phi) is 5.15. The number of carbonyl (C=O) groups excluding carboxylic acids is 1. The van der Waals surface area contributed by atoms with Gasteiger partial charge in [0.25, 0.3) is 0 Å². The third kappa shape index (κ3) is 3.75. The lowest BCUT2D eigenvalue weighted by Crippen LogP contribution is -2.53. The molecule has 2 atom stereocenters. The topological polar surface area (TPSA) is 26.8 Å². The van der Waals surface area contributed by atoms with Gasteiger partial charge in [0, 0.05) is 58.8 Å². The van der Waals surface area contributed by atoms with Gasteiger partial charge in [0.1, 0.15) is 0 Å². The zero-order valence-electron chi connectivity index (χ0n) is 14.3. The Morgan fingerprint density at radius 3 is 2.46 bits per heavy atom. The van der Waals surface area contributed by atoms with E-state index in [4.69, 9.17) is 0 Å². The van der Waals surface area contributed by atoms with Crippen molar-refractivity contribution in [1.82, 2.24) is 14.7 Å². The van der Waals surface area contributed by atoms with Gasteiger partial charge in [0.2, 0.25) is 5.91 Å². The fraction of sp³-hybridized carbons (Fsp3) is 0.611. The molecule has 2 aliphatic rings. The molecule has 1 aromatic rings. The third-order valence-corrected chi connectivity index (χ3v) is 5.27. The molecular formula is C18H25F2N3O. The van der Waals surface area contributed by atoms with Crippen LogP contribution in [0.15, 0.2) is 18.2 Å². The lowest BCUT2D eigenvalue weighted by molar-refractivity contribution is -0.130. The van der Waals surface area contributed by atoms with Crippen LogP contribution in [0.3, 0.4) is 0 Å². The number of carbonyl (C=O) groups is 1. The molecule has 0 spiro atoms. The second-order valence-corrected chi connectivity index (χ2v) is 7.03. The molecule has 24 heavy (non-hydrogen) atoms. The molecule has 2 fully saturated rings. The standard InChI is InChI=1S/C18H25F2N3O/c1-13-10-21(11-15-3-4-16(19)17(20)9-15)12-18(13)23-7-5-22(6-8-23)14(2)24/h3-4,9,13,18H,5-8,10-12H2,1-2H3/t13-,18+/m1/s1. The van der Waals surface area contributed by atoms with E-state index in [1.54, 1.807) is 13.0 Å². The predicted octanol–water partition coefficient (Wildman–Crippen LogP) is 1.95. The SMILES string of the molecule is CC(=O)N1CCN([C@H]2CN(Cc3ccc(F)c(F)c3)C[C@H]2C)CC1. The molecule has 132 valence electrons. The van der Waals surface area contributed by atoms with E-state index in [2.05, 4.69) is 16.7 Å². The summed E-state index contributed by atoms with van der Waals surface area (Å²) in [5.74, 6) is -0.903. The van der Waals surface area contributed by atoms with E-state index in [0.29, 0.717) is 18.5 Å². The van der Waals surface area contributed by atoms with Crippen LogP contribution in [0.4, 0.5) is 8.78 Å². The van der Waals surface area contributed by atoms with Gasteiger partial charge in [-0.1, -0.05) is 13.0 Å². The normalized spacial score (nSPS) is 26.1. The molecule has 1 amide bonds. The van der Waals surface area contributed by atoms with E-state index in [0.717, 1.165) is 44.8 Å². The van der Waals surface area contributed by atoms with Crippen molar-refractivity contribution < 1.29 is 13.6 Å². The maximum absolute atomic E-state index is 13.4. The summed E-state index contributed by atoms with van der Waals surface area (Å²) in [5, 5.41) is 0. The Balaban J connectivity index is 1.56. The first-order valence-electron chi connectivity index (χ1n) is 8.60. The number of piperazine rings is 1. The number of amides is 1. The molecule has 0 saturated carbocycles. The minimum absolute atomic E-state index is 0.147. The van der Waals surface area contributed by atoms with Crippen molar-refractivity contribution >= 4 is 5.91 Å². The van der Waals surface area contributed by atoms with Crippen molar-refractivity contribution in [1.29, 1.82) is 0 Å². The fourth-order valence-electron chi connectivity index (χ4n) is 3.92. The average molecular weight is 337 g/mol. The maximum atomic E-state index is 13.4. The van der Waals surface area contributed by atoms with Crippen LogP contribution >= 0.6 is 0 Å². The number of halogens is 2. The molecule has 3 rings (SSSR count). The molecule has 2 heterocycles. The van der Waals surface area contributed by atoms with E-state index >= 15 is 0 Å². The zero-order chi connectivity index (χ0) is 17.3. The first-order valence-corrected chi connectivity index (χ1v) is 8.60. The summed E-state index contributed by atoms with van der Waals surface area (Å²) in [4.78, 5) is 18.1. The maximum Gasteiger partial charge on any atom is 0.219 e. The van der Waals surface area contributed by atoms with E-state index < -0.39 is 11.6 Å². The zero-order valence-corrected chi connectivity index (χ0v) is 14.3. The molecule has 6 heteroatoms. The Morgan fingerprint density at radius 2 is 1.83 bits per heavy atom. The van der Waals surface area contributed by atoms with Crippen LogP contribution in [0.1, 0.15) is 19.4 Å². The van der Waals surface area contributed by atoms with Gasteiger partial charge < -0.3 is 4.90 Å². The highest BCUT2D eigenvalue weighted by molar-refractivity contribution is 5.73. The van der Waals surface area contributed by atoms with Gasteiger partial charge in [0.15, 0.2) is 11.6 Å². The van der Waals surface area contributed by atoms with E-state index in [9.17, 15) is 13.6 Å². The summed E-state index contributed by atoms with van der Waals surface area (Å²) in [6, 6.07) is 4.60. The minimum Gasteiger partial charge on any atom is -0.340 e. The van der Waals surface area contributed by atoms with E-state index in [1.807, 2.05) is 4.90 Å². The van der Waals surface area contributed by atoms with Crippen LogP contribution in [0.5, 0.6) is 0 Å². The molecular weight excluding hydrogens is 312 g/mol. The summed E-state index contributed by atoms with van der Waals surface area (Å²) in [6.07, 6.45) is 0. The van der Waals surface area contributed by atoms with Gasteiger partial charge in [-0.15, -0.1) is 0 Å². The number of hydrogen-bond acceptors (Lipinski definition) is 3. The van der Waals surface area contributed by atoms with Crippen molar-refractivity contribution in [2.24, 2.45) is 5.92 Å². The van der Waals surface area contributed by atoms with Crippen LogP contribution < -0.4 is 0 Å². The van der Waals surface area contributed by atoms with Crippen molar-refractivity contribution in [3.8, 4) is 0 Å². The average Bonchev–Trinajstić information content (AvgIpc) is 2.91. The van der Waals surface area contributed by atoms with Gasteiger partial charge in [-0.25, -0.2) is 8.78 Å².